The summed E-state index contributed by atoms with van der Waals surface area (Å²) < 4.78 is 0. The summed E-state index contributed by atoms with van der Waals surface area (Å²) in [5.41, 5.74) is 4.84. The van der Waals surface area contributed by atoms with Gasteiger partial charge in [-0.3, -0.25) is 9.97 Å². The second-order valence-corrected chi connectivity index (χ2v) is 12.0. The molecule has 0 aliphatic rings. The van der Waals surface area contributed by atoms with E-state index in [0.29, 0.717) is 0 Å². The molecule has 0 amide bonds. The molecule has 2 aromatic rings. The van der Waals surface area contributed by atoms with Crippen LogP contribution in [0.3, 0.4) is 0 Å². The third-order valence-corrected chi connectivity index (χ3v) is 8.29. The molecule has 4 heteroatoms. The van der Waals surface area contributed by atoms with Crippen LogP contribution in [0.1, 0.15) is 140 Å². The lowest BCUT2D eigenvalue weighted by Crippen LogP contribution is -1.94. The molecule has 2 rings (SSSR count). The van der Waals surface area contributed by atoms with E-state index in [2.05, 4.69) is 59.5 Å². The predicted molar refractivity (Wildman–Crippen MR) is 175 cm³/mol. The molecule has 0 N–H and O–H groups in total. The van der Waals surface area contributed by atoms with Crippen LogP contribution in [0.5, 0.6) is 0 Å². The van der Waals surface area contributed by atoms with Crippen LogP contribution in [-0.4, -0.2) is 21.5 Å². The van der Waals surface area contributed by atoms with Crippen LogP contribution >= 0.6 is 25.3 Å². The van der Waals surface area contributed by atoms with Crippen molar-refractivity contribution in [2.75, 3.05) is 11.5 Å². The molecule has 0 spiro atoms. The van der Waals surface area contributed by atoms with E-state index >= 15 is 0 Å². The number of aryl methyl sites for hydroxylation is 2. The first kappa shape index (κ1) is 33.2. The number of hydrogen-bond acceptors (Lipinski definition) is 4. The Hall–Kier alpha value is -1.00. The highest BCUT2D eigenvalue weighted by molar-refractivity contribution is 7.80. The van der Waals surface area contributed by atoms with Gasteiger partial charge in [-0.1, -0.05) is 103 Å². The molecular formula is C34H56N2S2. The van der Waals surface area contributed by atoms with Crippen molar-refractivity contribution in [2.45, 2.75) is 141 Å². The summed E-state index contributed by atoms with van der Waals surface area (Å²) in [7, 11) is 0. The van der Waals surface area contributed by atoms with E-state index in [9.17, 15) is 0 Å². The minimum Gasteiger partial charge on any atom is -0.255 e. The molecule has 2 nitrogen and oxygen atoms in total. The van der Waals surface area contributed by atoms with Gasteiger partial charge in [-0.25, -0.2) is 0 Å². The van der Waals surface area contributed by atoms with Gasteiger partial charge in [0.2, 0.25) is 0 Å². The van der Waals surface area contributed by atoms with Gasteiger partial charge in [-0.2, -0.15) is 25.3 Å². The van der Waals surface area contributed by atoms with Crippen LogP contribution in [0.15, 0.2) is 36.7 Å². The molecule has 0 radical (unpaired) electrons. The molecule has 38 heavy (non-hydrogen) atoms. The van der Waals surface area contributed by atoms with Gasteiger partial charge in [-0.15, -0.1) is 0 Å². The number of unbranched alkanes of at least 4 members (excludes halogenated alkanes) is 18. The van der Waals surface area contributed by atoms with Crippen molar-refractivity contribution < 1.29 is 0 Å². The van der Waals surface area contributed by atoms with Gasteiger partial charge in [0.05, 0.1) is 11.4 Å². The Morgan fingerprint density at radius 3 is 1.00 bits per heavy atom. The molecule has 2 aromatic heterocycles. The lowest BCUT2D eigenvalue weighted by molar-refractivity contribution is 0.557. The summed E-state index contributed by atoms with van der Waals surface area (Å²) in [5.74, 6) is 2.08. The van der Waals surface area contributed by atoms with Crippen LogP contribution in [-0.2, 0) is 12.8 Å². The van der Waals surface area contributed by atoms with E-state index < -0.39 is 0 Å². The van der Waals surface area contributed by atoms with Crippen LogP contribution in [0, 0.1) is 0 Å². The molecule has 0 aromatic carbocycles. The van der Waals surface area contributed by atoms with Gasteiger partial charge in [0.15, 0.2) is 0 Å². The Bertz CT molecular complexity index is 743. The van der Waals surface area contributed by atoms with Crippen molar-refractivity contribution >= 4 is 25.3 Å². The maximum atomic E-state index is 4.65. The summed E-state index contributed by atoms with van der Waals surface area (Å²) in [6, 6.07) is 8.88. The quantitative estimate of drug-likeness (QED) is 0.0939. The predicted octanol–water partition coefficient (Wildman–Crippen LogP) is 10.9. The van der Waals surface area contributed by atoms with Gasteiger partial charge in [-0.05, 0) is 85.4 Å². The topological polar surface area (TPSA) is 25.8 Å². The first-order valence-corrected chi connectivity index (χ1v) is 17.2. The molecule has 0 bridgehead atoms. The molecule has 0 aliphatic heterocycles. The first-order valence-electron chi connectivity index (χ1n) is 16.0. The van der Waals surface area contributed by atoms with Crippen LogP contribution in [0.25, 0.3) is 11.4 Å². The van der Waals surface area contributed by atoms with Crippen LogP contribution in [0.4, 0.5) is 0 Å². The third kappa shape index (κ3) is 16.9. The molecule has 0 fully saturated rings. The summed E-state index contributed by atoms with van der Waals surface area (Å²) >= 11 is 8.58. The zero-order chi connectivity index (χ0) is 26.9. The van der Waals surface area contributed by atoms with Gasteiger partial charge in [0, 0.05) is 12.4 Å². The summed E-state index contributed by atoms with van der Waals surface area (Å²) in [6.45, 7) is 0. The van der Waals surface area contributed by atoms with Gasteiger partial charge in [0.1, 0.15) is 0 Å². The maximum Gasteiger partial charge on any atom is 0.0888 e. The normalized spacial score (nSPS) is 11.3. The molecule has 0 unspecified atom stereocenters. The van der Waals surface area contributed by atoms with Gasteiger partial charge in [0.25, 0.3) is 0 Å². The molecule has 0 aliphatic carbocycles. The minimum atomic E-state index is 1.02. The standard InChI is InChI=1S/C34H56N2S2/c37-27-19-15-11-7-3-1-5-9-13-17-21-31-23-25-35-33(29-31)34-30-32(24-26-36-34)22-18-14-10-6-2-4-8-12-16-20-28-38/h23-26,29-30,37-38H,1-22,27-28H2. The number of pyridine rings is 2. The molecule has 2 heterocycles. The highest BCUT2D eigenvalue weighted by Gasteiger charge is 2.05. The summed E-state index contributed by atoms with van der Waals surface area (Å²) in [6.07, 6.45) is 33.4. The fourth-order valence-electron chi connectivity index (χ4n) is 5.25. The van der Waals surface area contributed by atoms with Gasteiger partial charge >= 0.3 is 0 Å². The molecule has 0 atom stereocenters. The summed E-state index contributed by atoms with van der Waals surface area (Å²) in [4.78, 5) is 9.29. The van der Waals surface area contributed by atoms with E-state index in [0.717, 1.165) is 35.7 Å². The highest BCUT2D eigenvalue weighted by Crippen LogP contribution is 2.20. The Morgan fingerprint density at radius 1 is 0.395 bits per heavy atom. The number of aromatic nitrogens is 2. The van der Waals surface area contributed by atoms with E-state index in [1.807, 2.05) is 12.4 Å². The maximum absolute atomic E-state index is 4.65. The SMILES string of the molecule is SCCCCCCCCCCCCc1ccnc(-c2cc(CCCCCCCCCCCCS)ccn2)c1. The van der Waals surface area contributed by atoms with Crippen molar-refractivity contribution in [1.29, 1.82) is 0 Å². The zero-order valence-corrected chi connectivity index (χ0v) is 26.0. The Morgan fingerprint density at radius 2 is 0.684 bits per heavy atom. The molecule has 214 valence electrons. The van der Waals surface area contributed by atoms with Gasteiger partial charge < -0.3 is 0 Å². The fourth-order valence-corrected chi connectivity index (χ4v) is 5.70. The van der Waals surface area contributed by atoms with E-state index in [1.54, 1.807) is 0 Å². The molecule has 0 saturated heterocycles. The fraction of sp³-hybridized carbons (Fsp3) is 0.706. The smallest absolute Gasteiger partial charge is 0.0888 e. The average Bonchev–Trinajstić information content (AvgIpc) is 2.95. The lowest BCUT2D eigenvalue weighted by Gasteiger charge is -2.07. The Balaban J connectivity index is 1.58. The van der Waals surface area contributed by atoms with Crippen molar-refractivity contribution in [2.24, 2.45) is 0 Å². The van der Waals surface area contributed by atoms with E-state index in [4.69, 9.17) is 0 Å². The largest absolute Gasteiger partial charge is 0.255 e. The number of nitrogens with zero attached hydrogens (tertiary/aromatic N) is 2. The molecular weight excluding hydrogens is 501 g/mol. The number of hydrogen-bond donors (Lipinski definition) is 2. The lowest BCUT2D eigenvalue weighted by atomic mass is 10.0. The average molecular weight is 557 g/mol. The molecule has 0 saturated carbocycles. The Kier molecular flexibility index (Phi) is 20.8. The van der Waals surface area contributed by atoms with Crippen molar-refractivity contribution in [3.8, 4) is 11.4 Å². The van der Waals surface area contributed by atoms with Crippen molar-refractivity contribution in [3.05, 3.63) is 47.8 Å². The number of thiol groups is 2. The van der Waals surface area contributed by atoms with Crippen LogP contribution in [0.2, 0.25) is 0 Å². The summed E-state index contributed by atoms with van der Waals surface area (Å²) in [5, 5.41) is 0. The number of rotatable bonds is 25. The van der Waals surface area contributed by atoms with Crippen molar-refractivity contribution in [1.82, 2.24) is 9.97 Å². The first-order chi connectivity index (χ1) is 18.8. The van der Waals surface area contributed by atoms with E-state index in [-0.39, 0.29) is 0 Å². The monoisotopic (exact) mass is 556 g/mol. The van der Waals surface area contributed by atoms with Crippen molar-refractivity contribution in [3.63, 3.8) is 0 Å². The second-order valence-electron chi connectivity index (χ2n) is 11.1. The zero-order valence-electron chi connectivity index (χ0n) is 24.2. The van der Waals surface area contributed by atoms with E-state index in [1.165, 1.54) is 140 Å². The third-order valence-electron chi connectivity index (χ3n) is 7.66. The Labute approximate surface area is 246 Å². The minimum absolute atomic E-state index is 1.02. The van der Waals surface area contributed by atoms with Crippen LogP contribution < -0.4 is 0 Å². The highest BCUT2D eigenvalue weighted by atomic mass is 32.1. The second kappa shape index (κ2) is 23.9.